The van der Waals surface area contributed by atoms with Crippen LogP contribution in [0.15, 0.2) is 84.9 Å². The third-order valence-electron chi connectivity index (χ3n) is 5.45. The number of nitrogens with one attached hydrogen (secondary N) is 1. The average Bonchev–Trinajstić information content (AvgIpc) is 3.16. The standard InChI is InChI=1S/C25H20N4O6/c30-22(15-17-7-3-1-4-8-17)26-28(24(32)18-11-13-20(14-12-18)29(34)35)21-16-23(31)27(25(21)33)19-9-5-2-6-10-19/h1-14,21H,15-16H2,(H,26,30). The van der Waals surface area contributed by atoms with Gasteiger partial charge in [-0.25, -0.2) is 9.91 Å². The van der Waals surface area contributed by atoms with Crippen molar-refractivity contribution in [3.05, 3.63) is 106 Å². The molecule has 1 unspecified atom stereocenters. The fourth-order valence-electron chi connectivity index (χ4n) is 3.76. The summed E-state index contributed by atoms with van der Waals surface area (Å²) in [5.74, 6) is -2.53. The second kappa shape index (κ2) is 9.96. The maximum atomic E-state index is 13.4. The minimum Gasteiger partial charge on any atom is -0.274 e. The molecule has 3 aromatic carbocycles. The zero-order valence-electron chi connectivity index (χ0n) is 18.4. The van der Waals surface area contributed by atoms with Gasteiger partial charge in [0.1, 0.15) is 6.04 Å². The fraction of sp³-hybridized carbons (Fsp3) is 0.120. The van der Waals surface area contributed by atoms with Crippen LogP contribution in [0.25, 0.3) is 0 Å². The van der Waals surface area contributed by atoms with Crippen molar-refractivity contribution in [1.82, 2.24) is 10.4 Å². The number of nitro benzene ring substituents is 1. The van der Waals surface area contributed by atoms with Crippen molar-refractivity contribution in [2.75, 3.05) is 4.90 Å². The molecule has 1 N–H and O–H groups in total. The summed E-state index contributed by atoms with van der Waals surface area (Å²) in [7, 11) is 0. The molecule has 1 heterocycles. The Kier molecular flexibility index (Phi) is 6.63. The van der Waals surface area contributed by atoms with Gasteiger partial charge in [-0.15, -0.1) is 0 Å². The van der Waals surface area contributed by atoms with Crippen LogP contribution in [0.1, 0.15) is 22.3 Å². The number of imide groups is 1. The number of carbonyl (C=O) groups is 4. The lowest BCUT2D eigenvalue weighted by atomic mass is 10.1. The molecule has 4 rings (SSSR count). The lowest BCUT2D eigenvalue weighted by Crippen LogP contribution is -2.55. The van der Waals surface area contributed by atoms with Crippen LogP contribution in [0.4, 0.5) is 11.4 Å². The van der Waals surface area contributed by atoms with Gasteiger partial charge in [-0.3, -0.25) is 34.7 Å². The van der Waals surface area contributed by atoms with Crippen molar-refractivity contribution in [3.63, 3.8) is 0 Å². The lowest BCUT2D eigenvalue weighted by Gasteiger charge is -2.28. The van der Waals surface area contributed by atoms with E-state index in [1.54, 1.807) is 60.7 Å². The van der Waals surface area contributed by atoms with Gasteiger partial charge in [0.05, 0.1) is 23.5 Å². The molecule has 0 aromatic heterocycles. The van der Waals surface area contributed by atoms with E-state index in [0.29, 0.717) is 11.3 Å². The van der Waals surface area contributed by atoms with Gasteiger partial charge in [-0.2, -0.15) is 0 Å². The first kappa shape index (κ1) is 23.3. The Morgan fingerprint density at radius 3 is 2.14 bits per heavy atom. The molecule has 1 aliphatic rings. The normalized spacial score (nSPS) is 15.1. The number of anilines is 1. The van der Waals surface area contributed by atoms with E-state index in [2.05, 4.69) is 5.43 Å². The number of amides is 4. The van der Waals surface area contributed by atoms with Crippen LogP contribution in [-0.4, -0.2) is 39.6 Å². The van der Waals surface area contributed by atoms with E-state index < -0.39 is 34.6 Å². The lowest BCUT2D eigenvalue weighted by molar-refractivity contribution is -0.384. The van der Waals surface area contributed by atoms with Crippen LogP contribution in [0.2, 0.25) is 0 Å². The number of non-ortho nitro benzene ring substituents is 1. The Bertz CT molecular complexity index is 1280. The van der Waals surface area contributed by atoms with Gasteiger partial charge in [-0.1, -0.05) is 48.5 Å². The van der Waals surface area contributed by atoms with Crippen molar-refractivity contribution >= 4 is 35.0 Å². The Morgan fingerprint density at radius 2 is 1.54 bits per heavy atom. The van der Waals surface area contributed by atoms with Crippen LogP contribution >= 0.6 is 0 Å². The summed E-state index contributed by atoms with van der Waals surface area (Å²) >= 11 is 0. The van der Waals surface area contributed by atoms with Crippen molar-refractivity contribution in [3.8, 4) is 0 Å². The van der Waals surface area contributed by atoms with Crippen molar-refractivity contribution in [2.24, 2.45) is 0 Å². The van der Waals surface area contributed by atoms with E-state index in [-0.39, 0.29) is 24.1 Å². The number of hydrazine groups is 1. The topological polar surface area (TPSA) is 130 Å². The van der Waals surface area contributed by atoms with Crippen LogP contribution in [-0.2, 0) is 20.8 Å². The zero-order valence-corrected chi connectivity index (χ0v) is 18.4. The summed E-state index contributed by atoms with van der Waals surface area (Å²) in [6.07, 6.45) is -0.403. The summed E-state index contributed by atoms with van der Waals surface area (Å²) < 4.78 is 0. The highest BCUT2D eigenvalue weighted by Gasteiger charge is 2.45. The van der Waals surface area contributed by atoms with Gasteiger partial charge in [0, 0.05) is 17.7 Å². The Hall–Kier alpha value is -4.86. The number of hydrogen-bond donors (Lipinski definition) is 1. The van der Waals surface area contributed by atoms with E-state index in [4.69, 9.17) is 0 Å². The maximum Gasteiger partial charge on any atom is 0.273 e. The Morgan fingerprint density at radius 1 is 0.943 bits per heavy atom. The van der Waals surface area contributed by atoms with Gasteiger partial charge in [0.2, 0.25) is 11.8 Å². The van der Waals surface area contributed by atoms with Crippen molar-refractivity contribution < 1.29 is 24.1 Å². The van der Waals surface area contributed by atoms with Gasteiger partial charge < -0.3 is 0 Å². The smallest absolute Gasteiger partial charge is 0.273 e. The number of benzene rings is 3. The minimum absolute atomic E-state index is 0.00835. The number of hydrogen-bond acceptors (Lipinski definition) is 6. The predicted molar refractivity (Wildman–Crippen MR) is 125 cm³/mol. The molecule has 1 fully saturated rings. The van der Waals surface area contributed by atoms with E-state index in [0.717, 1.165) is 22.0 Å². The van der Waals surface area contributed by atoms with Crippen molar-refractivity contribution in [2.45, 2.75) is 18.9 Å². The van der Waals surface area contributed by atoms with Gasteiger partial charge in [0.25, 0.3) is 17.5 Å². The molecule has 4 amide bonds. The molecule has 1 saturated heterocycles. The molecular weight excluding hydrogens is 452 g/mol. The minimum atomic E-state index is -1.29. The first-order valence-electron chi connectivity index (χ1n) is 10.7. The zero-order chi connectivity index (χ0) is 24.9. The third kappa shape index (κ3) is 5.06. The summed E-state index contributed by atoms with van der Waals surface area (Å²) in [6.45, 7) is 0. The summed E-state index contributed by atoms with van der Waals surface area (Å²) in [5, 5.41) is 11.8. The van der Waals surface area contributed by atoms with Crippen LogP contribution in [0, 0.1) is 10.1 Å². The van der Waals surface area contributed by atoms with Gasteiger partial charge in [0.15, 0.2) is 0 Å². The fourth-order valence-corrected chi connectivity index (χ4v) is 3.76. The molecule has 10 nitrogen and oxygen atoms in total. The maximum absolute atomic E-state index is 13.4. The first-order valence-corrected chi connectivity index (χ1v) is 10.7. The summed E-state index contributed by atoms with van der Waals surface area (Å²) in [5.41, 5.74) is 3.30. The SMILES string of the molecule is O=C(Cc1ccccc1)NN(C(=O)c1ccc([N+](=O)[O-])cc1)C1CC(=O)N(c2ccccc2)C1=O. The number of nitro groups is 1. The largest absolute Gasteiger partial charge is 0.274 e. The summed E-state index contributed by atoms with van der Waals surface area (Å²) in [6, 6.07) is 20.5. The quantitative estimate of drug-likeness (QED) is 0.334. The molecule has 35 heavy (non-hydrogen) atoms. The van der Waals surface area contributed by atoms with Crippen LogP contribution < -0.4 is 10.3 Å². The molecule has 0 radical (unpaired) electrons. The predicted octanol–water partition coefficient (Wildman–Crippen LogP) is 2.64. The monoisotopic (exact) mass is 472 g/mol. The van der Waals surface area contributed by atoms with Gasteiger partial charge >= 0.3 is 0 Å². The number of carbonyl (C=O) groups excluding carboxylic acids is 4. The Labute approximate surface area is 199 Å². The molecule has 3 aromatic rings. The molecule has 0 bridgehead atoms. The molecule has 0 spiro atoms. The number of para-hydroxylation sites is 1. The molecule has 0 aliphatic carbocycles. The van der Waals surface area contributed by atoms with E-state index >= 15 is 0 Å². The van der Waals surface area contributed by atoms with Crippen LogP contribution in [0.3, 0.4) is 0 Å². The highest BCUT2D eigenvalue weighted by molar-refractivity contribution is 6.23. The van der Waals surface area contributed by atoms with E-state index in [1.807, 2.05) is 0 Å². The third-order valence-corrected chi connectivity index (χ3v) is 5.45. The second-order valence-electron chi connectivity index (χ2n) is 7.80. The molecule has 10 heteroatoms. The second-order valence-corrected chi connectivity index (χ2v) is 7.80. The van der Waals surface area contributed by atoms with E-state index in [9.17, 15) is 29.3 Å². The first-order chi connectivity index (χ1) is 16.8. The molecule has 0 saturated carbocycles. The highest BCUT2D eigenvalue weighted by Crippen LogP contribution is 2.26. The summed E-state index contributed by atoms with van der Waals surface area (Å²) in [4.78, 5) is 63.5. The van der Waals surface area contributed by atoms with E-state index in [1.165, 1.54) is 12.1 Å². The molecular formula is C25H20N4O6. The average molecular weight is 472 g/mol. The van der Waals surface area contributed by atoms with Crippen molar-refractivity contribution in [1.29, 1.82) is 0 Å². The Balaban J connectivity index is 1.63. The molecule has 1 atom stereocenters. The number of rotatable bonds is 6. The number of nitrogens with zero attached hydrogens (tertiary/aromatic N) is 3. The highest BCUT2D eigenvalue weighted by atomic mass is 16.6. The van der Waals surface area contributed by atoms with Gasteiger partial charge in [-0.05, 0) is 29.8 Å². The molecule has 176 valence electrons. The van der Waals surface area contributed by atoms with Crippen LogP contribution in [0.5, 0.6) is 0 Å². The molecule has 1 aliphatic heterocycles.